The van der Waals surface area contributed by atoms with Crippen molar-refractivity contribution in [1.29, 1.82) is 0 Å². The predicted molar refractivity (Wildman–Crippen MR) is 427 cm³/mol. The molecule has 0 aromatic heterocycles. The monoisotopic (exact) mass is 1400 g/mol. The molecule has 0 aliphatic heterocycles. The summed E-state index contributed by atoms with van der Waals surface area (Å²) < 4.78 is 34.9. The zero-order valence-corrected chi connectivity index (χ0v) is 66.9. The van der Waals surface area contributed by atoms with Gasteiger partial charge in [-0.25, -0.2) is 4.57 Å². The van der Waals surface area contributed by atoms with E-state index < -0.39 is 26.5 Å². The number of phosphoric acid groups is 1. The largest absolute Gasteiger partial charge is 0.472 e. The molecule has 2 unspecified atom stereocenters. The first-order chi connectivity index (χ1) is 48.0. The third-order valence-electron chi connectivity index (χ3n) is 19.6. The molecule has 0 spiro atoms. The lowest BCUT2D eigenvalue weighted by atomic mass is 10.0. The highest BCUT2D eigenvalue weighted by molar-refractivity contribution is 7.47. The molecule has 9 nitrogen and oxygen atoms in total. The Bertz CT molecular complexity index is 1840. The second-order valence-electron chi connectivity index (χ2n) is 30.6. The number of nitrogens with zero attached hydrogens (tertiary/aromatic N) is 1. The van der Waals surface area contributed by atoms with Crippen LogP contribution in [0.2, 0.25) is 0 Å². The topological polar surface area (TPSA) is 108 Å². The van der Waals surface area contributed by atoms with Crippen LogP contribution in [0, 0.1) is 0 Å². The molecule has 0 aromatic carbocycles. The maximum Gasteiger partial charge on any atom is 0.472 e. The summed E-state index contributed by atoms with van der Waals surface area (Å²) >= 11 is 0. The Labute approximate surface area is 610 Å². The van der Waals surface area contributed by atoms with Gasteiger partial charge in [0.05, 0.1) is 27.7 Å². The van der Waals surface area contributed by atoms with Crippen LogP contribution in [-0.2, 0) is 32.7 Å². The van der Waals surface area contributed by atoms with Crippen LogP contribution in [0.1, 0.15) is 438 Å². The summed E-state index contributed by atoms with van der Waals surface area (Å²) in [6.07, 6.45) is 107. The Hall–Kier alpha value is -2.29. The molecule has 0 saturated carbocycles. The second-order valence-corrected chi connectivity index (χ2v) is 32.0. The van der Waals surface area contributed by atoms with Gasteiger partial charge in [-0.1, -0.05) is 428 Å². The number of hydrogen-bond acceptors (Lipinski definition) is 7. The summed E-state index contributed by atoms with van der Waals surface area (Å²) in [5, 5.41) is 0. The molecule has 0 bridgehead atoms. The van der Waals surface area contributed by atoms with Crippen molar-refractivity contribution in [3.8, 4) is 0 Å². The third kappa shape index (κ3) is 82.7. The number of ether oxygens (including phenoxy) is 2. The van der Waals surface area contributed by atoms with E-state index in [2.05, 4.69) is 74.6 Å². The maximum absolute atomic E-state index is 12.9. The SMILES string of the molecule is CC/C=C\C/C=C\C/C=C\C/C=C\C/C=C\CCCCCCCCCCCCCCCCCCCCCCCCCCCC(=O)OC(COC(=O)CCCCCCCCCCCCCCCCCCCCCCCCCCCCCCCCCCC)COP(=O)(O)OCC[N+](C)(C)C. The minimum absolute atomic E-state index is 0.0351. The first-order valence-electron chi connectivity index (χ1n) is 43.0. The van der Waals surface area contributed by atoms with Crippen LogP contribution in [0.25, 0.3) is 0 Å². The average molecular weight is 1400 g/mol. The van der Waals surface area contributed by atoms with Crippen molar-refractivity contribution in [3.63, 3.8) is 0 Å². The van der Waals surface area contributed by atoms with Crippen molar-refractivity contribution >= 4 is 19.8 Å². The van der Waals surface area contributed by atoms with E-state index in [1.165, 1.54) is 340 Å². The Morgan fingerprint density at radius 3 is 0.867 bits per heavy atom. The molecule has 0 rings (SSSR count). The van der Waals surface area contributed by atoms with E-state index in [0.29, 0.717) is 23.9 Å². The molecule has 0 fully saturated rings. The van der Waals surface area contributed by atoms with Gasteiger partial charge in [-0.15, -0.1) is 0 Å². The van der Waals surface area contributed by atoms with E-state index in [1.54, 1.807) is 0 Å². The minimum Gasteiger partial charge on any atom is -0.462 e. The van der Waals surface area contributed by atoms with Crippen molar-refractivity contribution in [1.82, 2.24) is 0 Å². The van der Waals surface area contributed by atoms with Crippen LogP contribution in [0.3, 0.4) is 0 Å². The molecule has 0 aliphatic carbocycles. The molecule has 0 heterocycles. The number of unbranched alkanes of at least 4 members (excludes halogenated alkanes) is 57. The number of esters is 2. The number of phosphoric ester groups is 1. The summed E-state index contributed by atoms with van der Waals surface area (Å²) in [5.41, 5.74) is 0. The Kier molecular flexibility index (Phi) is 77.0. The number of likely N-dealkylation sites (N-methyl/N-ethyl adjacent to an activating group) is 1. The second kappa shape index (κ2) is 78.8. The van der Waals surface area contributed by atoms with Gasteiger partial charge in [0, 0.05) is 12.8 Å². The van der Waals surface area contributed by atoms with Gasteiger partial charge in [0.25, 0.3) is 0 Å². The summed E-state index contributed by atoms with van der Waals surface area (Å²) in [6, 6.07) is 0. The molecule has 0 aliphatic rings. The van der Waals surface area contributed by atoms with Crippen LogP contribution >= 0.6 is 7.82 Å². The van der Waals surface area contributed by atoms with Gasteiger partial charge in [0.2, 0.25) is 0 Å². The normalized spacial score (nSPS) is 13.2. The molecule has 1 N–H and O–H groups in total. The average Bonchev–Trinajstić information content (AvgIpc) is 1.08. The number of rotatable bonds is 81. The van der Waals surface area contributed by atoms with Gasteiger partial charge in [-0.2, -0.15) is 0 Å². The molecule has 10 heteroatoms. The van der Waals surface area contributed by atoms with Crippen molar-refractivity contribution in [2.24, 2.45) is 0 Å². The number of hydrogen-bond donors (Lipinski definition) is 1. The van der Waals surface area contributed by atoms with Gasteiger partial charge in [0.1, 0.15) is 19.8 Å². The van der Waals surface area contributed by atoms with Crippen LogP contribution in [0.4, 0.5) is 0 Å². The number of carbonyl (C=O) groups excluding carboxylic acids is 2. The van der Waals surface area contributed by atoms with E-state index in [-0.39, 0.29) is 25.6 Å². The molecule has 576 valence electrons. The van der Waals surface area contributed by atoms with E-state index >= 15 is 0 Å². The number of quaternary nitrogens is 1. The molecular formula is C88H167NO8P+. The summed E-state index contributed by atoms with van der Waals surface area (Å²) in [4.78, 5) is 36.0. The lowest BCUT2D eigenvalue weighted by Crippen LogP contribution is -2.37. The van der Waals surface area contributed by atoms with Crippen LogP contribution < -0.4 is 0 Å². The zero-order chi connectivity index (χ0) is 71.1. The van der Waals surface area contributed by atoms with Gasteiger partial charge < -0.3 is 18.9 Å². The highest BCUT2D eigenvalue weighted by Crippen LogP contribution is 2.43. The molecule has 2 atom stereocenters. The van der Waals surface area contributed by atoms with Gasteiger partial charge in [-0.3, -0.25) is 18.6 Å². The first kappa shape index (κ1) is 95.7. The molecule has 0 saturated heterocycles. The van der Waals surface area contributed by atoms with Crippen LogP contribution in [0.5, 0.6) is 0 Å². The number of carbonyl (C=O) groups is 2. The maximum atomic E-state index is 12.9. The zero-order valence-electron chi connectivity index (χ0n) is 66.0. The fourth-order valence-electron chi connectivity index (χ4n) is 13.1. The van der Waals surface area contributed by atoms with Crippen molar-refractivity contribution in [2.45, 2.75) is 444 Å². The van der Waals surface area contributed by atoms with E-state index in [9.17, 15) is 19.0 Å². The third-order valence-corrected chi connectivity index (χ3v) is 20.5. The standard InChI is InChI=1S/C88H166NO8P/c1-6-8-10-12-14-16-18-20-22-24-26-28-30-32-34-36-38-40-41-42-43-44-45-46-47-49-51-53-55-57-59-61-63-65-67-69-71-73-75-77-79-81-88(91)97-86(85-96-98(92,93)95-83-82-89(3,4)5)84-94-87(90)80-78-76-74-72-70-68-66-64-62-60-58-56-54-52-50-48-39-37-35-33-31-29-27-25-23-21-19-17-15-13-11-9-7-2/h8,10,14,16,20,22,26,28,32,34,86H,6-7,9,11-13,15,17-19,21,23-25,27,29-31,33,35-85H2,1-5H3/p+1/b10-8-,16-14-,22-20-,28-26-,34-32-. The quantitative estimate of drug-likeness (QED) is 0.0211. The highest BCUT2D eigenvalue weighted by Gasteiger charge is 2.27. The lowest BCUT2D eigenvalue weighted by molar-refractivity contribution is -0.870. The predicted octanol–water partition coefficient (Wildman–Crippen LogP) is 28.8. The summed E-state index contributed by atoms with van der Waals surface area (Å²) in [6.45, 7) is 4.41. The van der Waals surface area contributed by atoms with Gasteiger partial charge in [0.15, 0.2) is 6.10 Å². The van der Waals surface area contributed by atoms with E-state index in [4.69, 9.17) is 18.5 Å². The van der Waals surface area contributed by atoms with Gasteiger partial charge >= 0.3 is 19.8 Å². The van der Waals surface area contributed by atoms with Crippen molar-refractivity contribution < 1.29 is 42.1 Å². The molecule has 0 aromatic rings. The fraction of sp³-hybridized carbons (Fsp3) is 0.864. The lowest BCUT2D eigenvalue weighted by Gasteiger charge is -2.24. The van der Waals surface area contributed by atoms with Crippen LogP contribution in [0.15, 0.2) is 60.8 Å². The Morgan fingerprint density at radius 1 is 0.327 bits per heavy atom. The first-order valence-corrected chi connectivity index (χ1v) is 44.5. The molecule has 98 heavy (non-hydrogen) atoms. The molecule has 0 amide bonds. The Morgan fingerprint density at radius 2 is 0.582 bits per heavy atom. The number of allylic oxidation sites excluding steroid dienone is 10. The molecule has 0 radical (unpaired) electrons. The van der Waals surface area contributed by atoms with Gasteiger partial charge in [-0.05, 0) is 57.8 Å². The van der Waals surface area contributed by atoms with Crippen LogP contribution in [-0.4, -0.2) is 74.9 Å². The van der Waals surface area contributed by atoms with Crippen molar-refractivity contribution in [2.75, 3.05) is 47.5 Å². The summed E-state index contributed by atoms with van der Waals surface area (Å²) in [5.74, 6) is -0.769. The van der Waals surface area contributed by atoms with E-state index in [0.717, 1.165) is 64.2 Å². The fourth-order valence-corrected chi connectivity index (χ4v) is 13.8. The van der Waals surface area contributed by atoms with Crippen molar-refractivity contribution in [3.05, 3.63) is 60.8 Å². The summed E-state index contributed by atoms with van der Waals surface area (Å²) in [7, 11) is 1.50. The highest BCUT2D eigenvalue weighted by atomic mass is 31.2. The minimum atomic E-state index is -4.39. The molecular weight excluding hydrogens is 1230 g/mol. The Balaban J connectivity index is 3.86. The van der Waals surface area contributed by atoms with E-state index in [1.807, 2.05) is 21.1 Å². The smallest absolute Gasteiger partial charge is 0.462 e.